The number of carbonyl (C=O) groups excluding carboxylic acids is 3. The quantitative estimate of drug-likeness (QED) is 0.603. The highest BCUT2D eigenvalue weighted by Gasteiger charge is 2.27. The number of hydrogen-bond donors (Lipinski definition) is 2. The van der Waals surface area contributed by atoms with E-state index in [-0.39, 0.29) is 13.2 Å². The lowest BCUT2D eigenvalue weighted by Gasteiger charge is -2.33. The van der Waals surface area contributed by atoms with Gasteiger partial charge in [-0.2, -0.15) is 0 Å². The molecular weight excluding hydrogens is 254 g/mol. The molecule has 1 heterocycles. The molecule has 0 saturated carbocycles. The second-order valence-electron chi connectivity index (χ2n) is 3.96. The fourth-order valence-corrected chi connectivity index (χ4v) is 1.70. The Morgan fingerprint density at radius 1 is 1.16 bits per heavy atom. The van der Waals surface area contributed by atoms with E-state index in [4.69, 9.17) is 9.84 Å². The standard InChI is InChI=1S/C11H19N3O5/c1-2-19-11(18)14-6-4-13(5-7-14)10(17)9(16)12-3-8-15/h15H,2-8H2,1H3,(H,12,16). The zero-order valence-corrected chi connectivity index (χ0v) is 10.9. The number of carbonyl (C=O) groups is 3. The van der Waals surface area contributed by atoms with Crippen LogP contribution in [0.15, 0.2) is 0 Å². The zero-order chi connectivity index (χ0) is 14.3. The van der Waals surface area contributed by atoms with Crippen LogP contribution in [0.3, 0.4) is 0 Å². The van der Waals surface area contributed by atoms with Crippen LogP contribution in [-0.2, 0) is 14.3 Å². The van der Waals surface area contributed by atoms with Crippen LogP contribution >= 0.6 is 0 Å². The summed E-state index contributed by atoms with van der Waals surface area (Å²) in [6.07, 6.45) is -0.403. The molecule has 0 aliphatic carbocycles. The van der Waals surface area contributed by atoms with Gasteiger partial charge in [-0.1, -0.05) is 0 Å². The first-order valence-corrected chi connectivity index (χ1v) is 6.19. The van der Waals surface area contributed by atoms with Gasteiger partial charge in [-0.25, -0.2) is 4.79 Å². The van der Waals surface area contributed by atoms with Gasteiger partial charge in [-0.05, 0) is 6.92 Å². The number of aliphatic hydroxyl groups is 1. The monoisotopic (exact) mass is 273 g/mol. The van der Waals surface area contributed by atoms with Gasteiger partial charge < -0.3 is 25.0 Å². The van der Waals surface area contributed by atoms with Gasteiger partial charge in [0.1, 0.15) is 0 Å². The van der Waals surface area contributed by atoms with Crippen molar-refractivity contribution in [3.05, 3.63) is 0 Å². The lowest BCUT2D eigenvalue weighted by atomic mass is 10.3. The highest BCUT2D eigenvalue weighted by molar-refractivity contribution is 6.35. The van der Waals surface area contributed by atoms with Crippen molar-refractivity contribution in [1.82, 2.24) is 15.1 Å². The van der Waals surface area contributed by atoms with Gasteiger partial charge in [-0.15, -0.1) is 0 Å². The number of nitrogens with zero attached hydrogens (tertiary/aromatic N) is 2. The SMILES string of the molecule is CCOC(=O)N1CCN(C(=O)C(=O)NCCO)CC1. The topological polar surface area (TPSA) is 99.2 Å². The molecule has 0 aromatic rings. The van der Waals surface area contributed by atoms with Crippen molar-refractivity contribution in [3.8, 4) is 0 Å². The molecule has 1 rings (SSSR count). The minimum absolute atomic E-state index is 0.0490. The van der Waals surface area contributed by atoms with E-state index in [1.54, 1.807) is 6.92 Å². The Balaban J connectivity index is 2.38. The number of rotatable bonds is 3. The molecule has 2 N–H and O–H groups in total. The van der Waals surface area contributed by atoms with Crippen molar-refractivity contribution >= 4 is 17.9 Å². The molecule has 0 unspecified atom stereocenters. The average Bonchev–Trinajstić information content (AvgIpc) is 2.44. The predicted molar refractivity (Wildman–Crippen MR) is 65.3 cm³/mol. The van der Waals surface area contributed by atoms with Crippen molar-refractivity contribution in [1.29, 1.82) is 0 Å². The minimum Gasteiger partial charge on any atom is -0.450 e. The molecule has 8 heteroatoms. The second-order valence-corrected chi connectivity index (χ2v) is 3.96. The molecule has 1 fully saturated rings. The number of nitrogens with one attached hydrogen (secondary N) is 1. The van der Waals surface area contributed by atoms with Gasteiger partial charge in [0, 0.05) is 32.7 Å². The van der Waals surface area contributed by atoms with Crippen molar-refractivity contribution in [3.63, 3.8) is 0 Å². The summed E-state index contributed by atoms with van der Waals surface area (Å²) in [5, 5.41) is 10.9. The first kappa shape index (κ1) is 15.2. The molecule has 0 aromatic carbocycles. The third-order valence-electron chi connectivity index (χ3n) is 2.68. The predicted octanol–water partition coefficient (Wildman–Crippen LogP) is -1.60. The summed E-state index contributed by atoms with van der Waals surface area (Å²) in [6, 6.07) is 0. The molecule has 0 bridgehead atoms. The van der Waals surface area contributed by atoms with Crippen LogP contribution in [0.25, 0.3) is 0 Å². The maximum Gasteiger partial charge on any atom is 0.409 e. The Morgan fingerprint density at radius 3 is 2.26 bits per heavy atom. The van der Waals surface area contributed by atoms with Gasteiger partial charge >= 0.3 is 17.9 Å². The van der Waals surface area contributed by atoms with Crippen LogP contribution < -0.4 is 5.32 Å². The Kier molecular flexibility index (Phi) is 6.07. The number of amides is 3. The van der Waals surface area contributed by atoms with Crippen molar-refractivity contribution in [2.75, 3.05) is 45.9 Å². The van der Waals surface area contributed by atoms with Crippen LogP contribution in [0, 0.1) is 0 Å². The lowest BCUT2D eigenvalue weighted by molar-refractivity contribution is -0.146. The summed E-state index contributed by atoms with van der Waals surface area (Å²) < 4.78 is 4.85. The molecule has 3 amide bonds. The second kappa shape index (κ2) is 7.57. The summed E-state index contributed by atoms with van der Waals surface area (Å²) in [7, 11) is 0. The Labute approximate surface area is 111 Å². The summed E-state index contributed by atoms with van der Waals surface area (Å²) >= 11 is 0. The lowest BCUT2D eigenvalue weighted by Crippen LogP contribution is -2.54. The summed E-state index contributed by atoms with van der Waals surface area (Å²) in [6.45, 7) is 3.15. The summed E-state index contributed by atoms with van der Waals surface area (Å²) in [5.74, 6) is -1.38. The zero-order valence-electron chi connectivity index (χ0n) is 10.9. The first-order chi connectivity index (χ1) is 9.10. The van der Waals surface area contributed by atoms with E-state index < -0.39 is 17.9 Å². The highest BCUT2D eigenvalue weighted by Crippen LogP contribution is 2.04. The molecule has 0 spiro atoms. The number of aliphatic hydroxyl groups excluding tert-OH is 1. The molecule has 0 atom stereocenters. The Hall–Kier alpha value is -1.83. The smallest absolute Gasteiger partial charge is 0.409 e. The van der Waals surface area contributed by atoms with Crippen molar-refractivity contribution < 1.29 is 24.2 Å². The van der Waals surface area contributed by atoms with Crippen LogP contribution in [0.1, 0.15) is 6.92 Å². The molecular formula is C11H19N3O5. The van der Waals surface area contributed by atoms with E-state index in [2.05, 4.69) is 5.32 Å². The van der Waals surface area contributed by atoms with Gasteiger partial charge in [0.15, 0.2) is 0 Å². The Morgan fingerprint density at radius 2 is 1.74 bits per heavy atom. The van der Waals surface area contributed by atoms with E-state index in [0.717, 1.165) is 0 Å². The molecule has 0 aromatic heterocycles. The average molecular weight is 273 g/mol. The number of piperazine rings is 1. The molecule has 1 saturated heterocycles. The van der Waals surface area contributed by atoms with Crippen LogP contribution in [0.5, 0.6) is 0 Å². The molecule has 19 heavy (non-hydrogen) atoms. The summed E-state index contributed by atoms with van der Waals surface area (Å²) in [4.78, 5) is 37.4. The van der Waals surface area contributed by atoms with Gasteiger partial charge in [0.2, 0.25) is 0 Å². The largest absolute Gasteiger partial charge is 0.450 e. The van der Waals surface area contributed by atoms with E-state index in [1.807, 2.05) is 0 Å². The molecule has 1 aliphatic rings. The normalized spacial score (nSPS) is 15.1. The van der Waals surface area contributed by atoms with E-state index in [1.165, 1.54) is 9.80 Å². The Bertz CT molecular complexity index is 339. The van der Waals surface area contributed by atoms with Crippen molar-refractivity contribution in [2.24, 2.45) is 0 Å². The fraction of sp³-hybridized carbons (Fsp3) is 0.727. The summed E-state index contributed by atoms with van der Waals surface area (Å²) in [5.41, 5.74) is 0. The maximum atomic E-state index is 11.7. The first-order valence-electron chi connectivity index (χ1n) is 6.19. The van der Waals surface area contributed by atoms with Crippen LogP contribution in [0.4, 0.5) is 4.79 Å². The maximum absolute atomic E-state index is 11.7. The van der Waals surface area contributed by atoms with E-state index >= 15 is 0 Å². The molecule has 8 nitrogen and oxygen atoms in total. The van der Waals surface area contributed by atoms with Crippen LogP contribution in [-0.4, -0.2) is 78.8 Å². The fourth-order valence-electron chi connectivity index (χ4n) is 1.70. The third-order valence-corrected chi connectivity index (χ3v) is 2.68. The van der Waals surface area contributed by atoms with Gasteiger partial charge in [0.25, 0.3) is 0 Å². The molecule has 1 aliphatic heterocycles. The van der Waals surface area contributed by atoms with E-state index in [0.29, 0.717) is 32.8 Å². The highest BCUT2D eigenvalue weighted by atomic mass is 16.6. The van der Waals surface area contributed by atoms with Crippen molar-refractivity contribution in [2.45, 2.75) is 6.92 Å². The molecule has 0 radical (unpaired) electrons. The third kappa shape index (κ3) is 4.40. The minimum atomic E-state index is -0.737. The van der Waals surface area contributed by atoms with E-state index in [9.17, 15) is 14.4 Å². The van der Waals surface area contributed by atoms with Gasteiger partial charge in [0.05, 0.1) is 13.2 Å². The van der Waals surface area contributed by atoms with Gasteiger partial charge in [-0.3, -0.25) is 9.59 Å². The number of hydrogen-bond acceptors (Lipinski definition) is 5. The van der Waals surface area contributed by atoms with Crippen LogP contribution in [0.2, 0.25) is 0 Å². The number of ether oxygens (including phenoxy) is 1. The molecule has 108 valence electrons.